The molecule has 2 N–H and O–H groups in total. The van der Waals surface area contributed by atoms with Crippen LogP contribution in [0.25, 0.3) is 0 Å². The molecule has 1 aromatic heterocycles. The highest BCUT2D eigenvalue weighted by Crippen LogP contribution is 2.31. The van der Waals surface area contributed by atoms with Crippen LogP contribution in [0.3, 0.4) is 0 Å². The summed E-state index contributed by atoms with van der Waals surface area (Å²) in [5.74, 6) is 1.93. The molecule has 2 aliphatic rings. The van der Waals surface area contributed by atoms with E-state index in [0.29, 0.717) is 0 Å². The minimum atomic E-state index is 0.799. The summed E-state index contributed by atoms with van der Waals surface area (Å²) in [6.45, 7) is 6.29. The van der Waals surface area contributed by atoms with Crippen LogP contribution in [0.4, 0.5) is 0 Å². The molecule has 2 heterocycles. The molecule has 0 radical (unpaired) electrons. The monoisotopic (exact) mass is 326 g/mol. The van der Waals surface area contributed by atoms with Crippen molar-refractivity contribution in [3.63, 3.8) is 0 Å². The predicted molar refractivity (Wildman–Crippen MR) is 95.2 cm³/mol. The Labute approximate surface area is 145 Å². The zero-order chi connectivity index (χ0) is 16.2. The maximum Gasteiger partial charge on any atom is 0.157 e. The number of rotatable bonds is 4. The second-order valence-corrected chi connectivity index (χ2v) is 7.62. The van der Waals surface area contributed by atoms with Crippen LogP contribution in [0.1, 0.15) is 42.9 Å². The van der Waals surface area contributed by atoms with Gasteiger partial charge in [0.15, 0.2) is 5.76 Å². The summed E-state index contributed by atoms with van der Waals surface area (Å²) in [7, 11) is 0. The van der Waals surface area contributed by atoms with Crippen molar-refractivity contribution in [3.05, 3.63) is 60.1 Å². The fourth-order valence-electron chi connectivity index (χ4n) is 4.73. The summed E-state index contributed by atoms with van der Waals surface area (Å²) in [4.78, 5) is 3.55. The van der Waals surface area contributed by atoms with E-state index in [0.717, 1.165) is 24.3 Å². The summed E-state index contributed by atoms with van der Waals surface area (Å²) >= 11 is 0. The minimum Gasteiger partial charge on any atom is -0.463 e. The van der Waals surface area contributed by atoms with Gasteiger partial charge in [-0.1, -0.05) is 30.3 Å². The topological polar surface area (TPSA) is 22.0 Å². The number of benzene rings is 1. The van der Waals surface area contributed by atoms with Crippen molar-refractivity contribution < 1.29 is 14.2 Å². The molecule has 0 atom stereocenters. The summed E-state index contributed by atoms with van der Waals surface area (Å²) in [6, 6.07) is 16.1. The summed E-state index contributed by atoms with van der Waals surface area (Å²) in [6.07, 6.45) is 7.36. The van der Waals surface area contributed by atoms with Gasteiger partial charge >= 0.3 is 0 Å². The normalized spacial score (nSPS) is 31.0. The summed E-state index contributed by atoms with van der Waals surface area (Å²) in [5, 5.41) is 0. The van der Waals surface area contributed by atoms with E-state index in [9.17, 15) is 0 Å². The van der Waals surface area contributed by atoms with Crippen molar-refractivity contribution in [2.75, 3.05) is 26.2 Å². The third-order valence-electron chi connectivity index (χ3n) is 6.18. The van der Waals surface area contributed by atoms with Crippen LogP contribution in [-0.4, -0.2) is 32.2 Å². The van der Waals surface area contributed by atoms with Gasteiger partial charge in [0.25, 0.3) is 0 Å². The minimum absolute atomic E-state index is 0.799. The van der Waals surface area contributed by atoms with E-state index < -0.39 is 0 Å². The first-order chi connectivity index (χ1) is 11.9. The Morgan fingerprint density at radius 2 is 1.58 bits per heavy atom. The Balaban J connectivity index is 1.24. The number of nitrogens with one attached hydrogen (secondary N) is 2. The molecular weight excluding hydrogens is 296 g/mol. The van der Waals surface area contributed by atoms with Crippen LogP contribution in [0.15, 0.2) is 53.1 Å². The Morgan fingerprint density at radius 3 is 2.25 bits per heavy atom. The highest BCUT2D eigenvalue weighted by molar-refractivity contribution is 5.19. The molecule has 1 aliphatic heterocycles. The summed E-state index contributed by atoms with van der Waals surface area (Å²) in [5.41, 5.74) is 1.55. The van der Waals surface area contributed by atoms with Gasteiger partial charge in [-0.05, 0) is 49.3 Å². The first-order valence-corrected chi connectivity index (χ1v) is 9.64. The van der Waals surface area contributed by atoms with E-state index in [2.05, 4.69) is 36.4 Å². The molecule has 24 heavy (non-hydrogen) atoms. The molecule has 0 bridgehead atoms. The zero-order valence-electron chi connectivity index (χ0n) is 14.5. The molecule has 0 unspecified atom stereocenters. The number of furan rings is 1. The second kappa shape index (κ2) is 7.54. The first-order valence-electron chi connectivity index (χ1n) is 9.64. The van der Waals surface area contributed by atoms with Gasteiger partial charge in [0, 0.05) is 0 Å². The van der Waals surface area contributed by atoms with Crippen LogP contribution < -0.4 is 9.80 Å². The lowest BCUT2D eigenvalue weighted by molar-refractivity contribution is -1.03. The van der Waals surface area contributed by atoms with E-state index in [4.69, 9.17) is 4.42 Å². The molecule has 0 spiro atoms. The highest BCUT2D eigenvalue weighted by atomic mass is 16.3. The van der Waals surface area contributed by atoms with Gasteiger partial charge in [-0.25, -0.2) is 0 Å². The van der Waals surface area contributed by atoms with Crippen molar-refractivity contribution in [1.29, 1.82) is 0 Å². The molecule has 1 aromatic carbocycles. The molecule has 3 heteroatoms. The van der Waals surface area contributed by atoms with Gasteiger partial charge in [0.1, 0.15) is 32.7 Å². The Hall–Kier alpha value is -1.58. The molecule has 128 valence electrons. The quantitative estimate of drug-likeness (QED) is 0.868. The number of hydrogen-bond donors (Lipinski definition) is 2. The number of piperazine rings is 1. The van der Waals surface area contributed by atoms with Gasteiger partial charge < -0.3 is 14.2 Å². The lowest BCUT2D eigenvalue weighted by Crippen LogP contribution is -3.29. The van der Waals surface area contributed by atoms with E-state index in [-0.39, 0.29) is 0 Å². The molecule has 2 fully saturated rings. The number of quaternary nitrogens is 2. The standard InChI is InChI=1S/C21H28N2O/c1-2-5-18(6-3-1)19-8-10-20(11-9-19)23-14-12-22(13-15-23)17-21-7-4-16-24-21/h1-7,16,19-20H,8-15,17H2/p+2. The van der Waals surface area contributed by atoms with Crippen LogP contribution in [0.5, 0.6) is 0 Å². The Kier molecular flexibility index (Phi) is 5.00. The van der Waals surface area contributed by atoms with Gasteiger partial charge in [-0.3, -0.25) is 0 Å². The van der Waals surface area contributed by atoms with Crippen LogP contribution in [0.2, 0.25) is 0 Å². The SMILES string of the molecule is c1ccc(C2CCC([NH+]3CC[NH+](Cc4ccco4)CC3)CC2)cc1. The third-order valence-corrected chi connectivity index (χ3v) is 6.18. The molecule has 1 saturated carbocycles. The van der Waals surface area contributed by atoms with Crippen molar-refractivity contribution in [2.45, 2.75) is 44.2 Å². The molecule has 1 aliphatic carbocycles. The fraction of sp³-hybridized carbons (Fsp3) is 0.524. The van der Waals surface area contributed by atoms with Crippen molar-refractivity contribution >= 4 is 0 Å². The van der Waals surface area contributed by atoms with Crippen LogP contribution >= 0.6 is 0 Å². The maximum absolute atomic E-state index is 5.51. The lowest BCUT2D eigenvalue weighted by Gasteiger charge is -2.37. The summed E-state index contributed by atoms with van der Waals surface area (Å²) < 4.78 is 5.51. The van der Waals surface area contributed by atoms with Crippen LogP contribution in [0, 0.1) is 0 Å². The van der Waals surface area contributed by atoms with E-state index in [1.165, 1.54) is 51.9 Å². The van der Waals surface area contributed by atoms with Crippen LogP contribution in [-0.2, 0) is 6.54 Å². The molecular formula is C21H30N2O+2. The Bertz CT molecular complexity index is 594. The molecule has 3 nitrogen and oxygen atoms in total. The Morgan fingerprint density at radius 1 is 0.833 bits per heavy atom. The molecule has 4 rings (SSSR count). The average Bonchev–Trinajstić information content (AvgIpc) is 3.16. The highest BCUT2D eigenvalue weighted by Gasteiger charge is 2.33. The largest absolute Gasteiger partial charge is 0.463 e. The maximum atomic E-state index is 5.51. The van der Waals surface area contributed by atoms with Crippen molar-refractivity contribution in [1.82, 2.24) is 0 Å². The van der Waals surface area contributed by atoms with E-state index in [1.54, 1.807) is 16.7 Å². The van der Waals surface area contributed by atoms with Gasteiger partial charge in [-0.15, -0.1) is 0 Å². The van der Waals surface area contributed by atoms with Crippen molar-refractivity contribution in [3.8, 4) is 0 Å². The lowest BCUT2D eigenvalue weighted by atomic mass is 9.81. The molecule has 2 aromatic rings. The zero-order valence-corrected chi connectivity index (χ0v) is 14.5. The fourth-order valence-corrected chi connectivity index (χ4v) is 4.73. The van der Waals surface area contributed by atoms with Crippen molar-refractivity contribution in [2.24, 2.45) is 0 Å². The van der Waals surface area contributed by atoms with E-state index >= 15 is 0 Å². The van der Waals surface area contributed by atoms with Gasteiger partial charge in [0.05, 0.1) is 12.3 Å². The number of hydrogen-bond acceptors (Lipinski definition) is 1. The predicted octanol–water partition coefficient (Wildman–Crippen LogP) is 1.29. The van der Waals surface area contributed by atoms with Gasteiger partial charge in [-0.2, -0.15) is 0 Å². The third kappa shape index (κ3) is 3.73. The smallest absolute Gasteiger partial charge is 0.157 e. The molecule has 0 amide bonds. The first kappa shape index (κ1) is 15.9. The van der Waals surface area contributed by atoms with E-state index in [1.807, 2.05) is 11.0 Å². The second-order valence-electron chi connectivity index (χ2n) is 7.62. The molecule has 1 saturated heterocycles. The van der Waals surface area contributed by atoms with Gasteiger partial charge in [0.2, 0.25) is 0 Å². The average molecular weight is 326 g/mol.